The van der Waals surface area contributed by atoms with E-state index in [-0.39, 0.29) is 51.5 Å². The topological polar surface area (TPSA) is 138 Å². The van der Waals surface area contributed by atoms with Gasteiger partial charge in [-0.3, -0.25) is 4.79 Å². The molecular weight excluding hydrogens is 606 g/mol. The zero-order valence-electron chi connectivity index (χ0n) is 22.7. The molecule has 0 saturated carbocycles. The van der Waals surface area contributed by atoms with Crippen molar-refractivity contribution >= 4 is 34.8 Å². The maximum atomic E-state index is 13.5. The van der Waals surface area contributed by atoms with E-state index in [0.717, 1.165) is 5.56 Å². The van der Waals surface area contributed by atoms with Crippen LogP contribution in [0.3, 0.4) is 0 Å². The second-order valence-electron chi connectivity index (χ2n) is 10.3. The van der Waals surface area contributed by atoms with Crippen LogP contribution in [-0.2, 0) is 16.6 Å². The lowest BCUT2D eigenvalue weighted by atomic mass is 9.77. The number of aromatic nitrogens is 5. The van der Waals surface area contributed by atoms with Gasteiger partial charge in [-0.25, -0.2) is 24.3 Å². The summed E-state index contributed by atoms with van der Waals surface area (Å²) in [4.78, 5) is 31.5. The largest absolute Gasteiger partial charge is 0.506 e. The summed E-state index contributed by atoms with van der Waals surface area (Å²) in [6.07, 6.45) is -2.62. The quantitative estimate of drug-likeness (QED) is 0.188. The molecular formula is C29H22ClF4N7O3. The van der Waals surface area contributed by atoms with E-state index in [0.29, 0.717) is 11.3 Å². The van der Waals surface area contributed by atoms with E-state index in [2.05, 4.69) is 30.6 Å². The number of carbonyl (C=O) groups excluding carboxylic acids is 1. The Bertz CT molecular complexity index is 1920. The molecule has 226 valence electrons. The monoisotopic (exact) mass is 627 g/mol. The van der Waals surface area contributed by atoms with Crippen molar-refractivity contribution in [2.75, 3.05) is 17.2 Å². The number of aliphatic hydroxyl groups excluding tert-OH is 1. The van der Waals surface area contributed by atoms with Crippen LogP contribution in [0.2, 0.25) is 5.02 Å². The van der Waals surface area contributed by atoms with E-state index in [1.165, 1.54) is 37.3 Å². The number of alkyl halides is 3. The Labute approximate surface area is 251 Å². The SMILES string of the molecule is C[C@@]1(c2ccc(Cl)c(O)c2)C(=O)Nc2nc(-c3cn4ccnc4c(Cc4ccc(F)cc4)n3)nc(NC[C@H](O)C(F)(F)F)c21. The predicted octanol–water partition coefficient (Wildman–Crippen LogP) is 4.87. The summed E-state index contributed by atoms with van der Waals surface area (Å²) in [6.45, 7) is 0.522. The average Bonchev–Trinajstić information content (AvgIpc) is 3.56. The fraction of sp³-hybridized carbons (Fsp3) is 0.207. The molecule has 4 heterocycles. The Morgan fingerprint density at radius 1 is 1.14 bits per heavy atom. The summed E-state index contributed by atoms with van der Waals surface area (Å²) in [5, 5.41) is 25.2. The summed E-state index contributed by atoms with van der Waals surface area (Å²) in [5.74, 6) is -1.52. The van der Waals surface area contributed by atoms with Gasteiger partial charge >= 0.3 is 6.18 Å². The Hall–Kier alpha value is -4.82. The molecule has 0 unspecified atom stereocenters. The van der Waals surface area contributed by atoms with Crippen LogP contribution in [0.15, 0.2) is 61.1 Å². The van der Waals surface area contributed by atoms with Crippen LogP contribution in [0, 0.1) is 5.82 Å². The summed E-state index contributed by atoms with van der Waals surface area (Å²) >= 11 is 5.97. The van der Waals surface area contributed by atoms with E-state index < -0.39 is 36.0 Å². The van der Waals surface area contributed by atoms with Crippen molar-refractivity contribution in [2.45, 2.75) is 31.0 Å². The Kier molecular flexibility index (Phi) is 7.13. The first kappa shape index (κ1) is 29.3. The fourth-order valence-electron chi connectivity index (χ4n) is 5.04. The van der Waals surface area contributed by atoms with E-state index >= 15 is 0 Å². The zero-order valence-corrected chi connectivity index (χ0v) is 23.4. The molecule has 0 aliphatic carbocycles. The number of aliphatic hydroxyl groups is 1. The van der Waals surface area contributed by atoms with Crippen molar-refractivity contribution in [3.63, 3.8) is 0 Å². The van der Waals surface area contributed by atoms with E-state index in [9.17, 15) is 32.6 Å². The van der Waals surface area contributed by atoms with Crippen LogP contribution < -0.4 is 10.6 Å². The number of aromatic hydroxyl groups is 1. The second-order valence-corrected chi connectivity index (χ2v) is 10.7. The van der Waals surface area contributed by atoms with Crippen molar-refractivity contribution in [3.05, 3.63) is 94.3 Å². The zero-order chi connectivity index (χ0) is 31.4. The first-order valence-electron chi connectivity index (χ1n) is 13.1. The van der Waals surface area contributed by atoms with Gasteiger partial charge in [-0.1, -0.05) is 29.8 Å². The van der Waals surface area contributed by atoms with E-state index in [1.807, 2.05) is 0 Å². The highest BCUT2D eigenvalue weighted by atomic mass is 35.5. The van der Waals surface area contributed by atoms with Gasteiger partial charge in [0.05, 0.1) is 22.8 Å². The van der Waals surface area contributed by atoms with Crippen LogP contribution in [0.25, 0.3) is 17.2 Å². The summed E-state index contributed by atoms with van der Waals surface area (Å²) < 4.78 is 54.8. The van der Waals surface area contributed by atoms with Crippen LogP contribution >= 0.6 is 11.6 Å². The van der Waals surface area contributed by atoms with Gasteiger partial charge in [0.15, 0.2) is 17.6 Å². The van der Waals surface area contributed by atoms with Gasteiger partial charge in [-0.15, -0.1) is 0 Å². The number of nitrogens with one attached hydrogen (secondary N) is 2. The third-order valence-electron chi connectivity index (χ3n) is 7.42. The number of amides is 1. The normalized spacial score (nSPS) is 17.0. The van der Waals surface area contributed by atoms with Crippen LogP contribution in [-0.4, -0.2) is 59.3 Å². The van der Waals surface area contributed by atoms with Crippen molar-refractivity contribution in [1.29, 1.82) is 0 Å². The van der Waals surface area contributed by atoms with Gasteiger partial charge in [0.1, 0.15) is 34.3 Å². The molecule has 0 radical (unpaired) electrons. The molecule has 1 aliphatic heterocycles. The molecule has 10 nitrogen and oxygen atoms in total. The van der Waals surface area contributed by atoms with Gasteiger partial charge in [-0.2, -0.15) is 13.2 Å². The fourth-order valence-corrected chi connectivity index (χ4v) is 5.16. The number of phenolic OH excluding ortho intramolecular Hbond substituents is 1. The molecule has 0 fully saturated rings. The number of benzene rings is 2. The molecule has 5 aromatic rings. The lowest BCUT2D eigenvalue weighted by Gasteiger charge is -2.25. The maximum Gasteiger partial charge on any atom is 0.416 e. The first-order chi connectivity index (χ1) is 20.8. The number of imidazole rings is 1. The Balaban J connectivity index is 1.50. The van der Waals surface area contributed by atoms with Crippen LogP contribution in [0.4, 0.5) is 29.2 Å². The number of phenols is 1. The summed E-state index contributed by atoms with van der Waals surface area (Å²) in [7, 11) is 0. The van der Waals surface area contributed by atoms with Crippen molar-refractivity contribution in [3.8, 4) is 17.3 Å². The Morgan fingerprint density at radius 3 is 2.59 bits per heavy atom. The number of hydrogen-bond donors (Lipinski definition) is 4. The van der Waals surface area contributed by atoms with Crippen molar-refractivity contribution in [1.82, 2.24) is 24.3 Å². The van der Waals surface area contributed by atoms with E-state index in [4.69, 9.17) is 11.6 Å². The standard InChI is InChI=1S/C29H22ClF4N7O3/c1-28(15-4-7-17(30)20(42)11-15)22-24(36-12-21(43)29(32,33)34)38-23(39-25(22)40-27(28)44)19-13-41-9-8-35-26(41)18(37-19)10-14-2-5-16(31)6-3-14/h2-9,11,13,21,42-43H,10,12H2,1H3,(H2,36,38,39,40,44)/t21-,28-/m0/s1. The minimum atomic E-state index is -4.92. The predicted molar refractivity (Wildman–Crippen MR) is 152 cm³/mol. The highest BCUT2D eigenvalue weighted by molar-refractivity contribution is 6.32. The van der Waals surface area contributed by atoms with Gasteiger partial charge in [0.2, 0.25) is 5.91 Å². The van der Waals surface area contributed by atoms with Gasteiger partial charge < -0.3 is 25.2 Å². The second kappa shape index (κ2) is 10.7. The third-order valence-corrected chi connectivity index (χ3v) is 7.74. The minimum Gasteiger partial charge on any atom is -0.506 e. The smallest absolute Gasteiger partial charge is 0.416 e. The number of fused-ring (bicyclic) bond motifs is 2. The number of rotatable bonds is 7. The van der Waals surface area contributed by atoms with Crippen LogP contribution in [0.5, 0.6) is 5.75 Å². The molecule has 3 aromatic heterocycles. The maximum absolute atomic E-state index is 13.5. The molecule has 1 aliphatic rings. The third kappa shape index (κ3) is 5.15. The average molecular weight is 628 g/mol. The highest BCUT2D eigenvalue weighted by Gasteiger charge is 2.48. The molecule has 1 amide bonds. The van der Waals surface area contributed by atoms with Gasteiger partial charge in [-0.05, 0) is 42.3 Å². The molecule has 0 saturated heterocycles. The lowest BCUT2D eigenvalue weighted by molar-refractivity contribution is -0.198. The number of hydrogen-bond acceptors (Lipinski definition) is 8. The molecule has 2 atom stereocenters. The van der Waals surface area contributed by atoms with Gasteiger partial charge in [0.25, 0.3) is 0 Å². The summed E-state index contributed by atoms with van der Waals surface area (Å²) in [5.41, 5.74) is 0.723. The van der Waals surface area contributed by atoms with Crippen molar-refractivity contribution in [2.24, 2.45) is 0 Å². The van der Waals surface area contributed by atoms with Crippen molar-refractivity contribution < 1.29 is 32.6 Å². The molecule has 4 N–H and O–H groups in total. The van der Waals surface area contributed by atoms with E-state index in [1.54, 1.807) is 35.1 Å². The molecule has 0 spiro atoms. The van der Waals surface area contributed by atoms with Gasteiger partial charge in [0, 0.05) is 25.0 Å². The molecule has 6 rings (SSSR count). The molecule has 15 heteroatoms. The Morgan fingerprint density at radius 2 is 1.89 bits per heavy atom. The number of carbonyl (C=O) groups is 1. The molecule has 44 heavy (non-hydrogen) atoms. The highest BCUT2D eigenvalue weighted by Crippen LogP contribution is 2.47. The summed E-state index contributed by atoms with van der Waals surface area (Å²) in [6, 6.07) is 10.00. The number of anilines is 2. The molecule has 0 bridgehead atoms. The van der Waals surface area contributed by atoms with Crippen LogP contribution in [0.1, 0.15) is 29.3 Å². The first-order valence-corrected chi connectivity index (χ1v) is 13.5. The lowest BCUT2D eigenvalue weighted by Crippen LogP contribution is -2.36. The number of nitrogens with zero attached hydrogens (tertiary/aromatic N) is 5. The number of halogens is 5. The molecule has 2 aromatic carbocycles. The minimum absolute atomic E-state index is 0.00597.